The van der Waals surface area contributed by atoms with Gasteiger partial charge in [-0.15, -0.1) is 0 Å². The van der Waals surface area contributed by atoms with Crippen molar-refractivity contribution < 1.29 is 9.84 Å². The Kier molecular flexibility index (Phi) is 6.57. The summed E-state index contributed by atoms with van der Waals surface area (Å²) in [5.41, 5.74) is 0. The van der Waals surface area contributed by atoms with Crippen LogP contribution >= 0.6 is 0 Å². The van der Waals surface area contributed by atoms with E-state index in [1.807, 2.05) is 6.92 Å². The van der Waals surface area contributed by atoms with Crippen molar-refractivity contribution in [2.24, 2.45) is 0 Å². The molecule has 4 heteroatoms. The van der Waals surface area contributed by atoms with Crippen LogP contribution in [0.25, 0.3) is 0 Å². The summed E-state index contributed by atoms with van der Waals surface area (Å²) in [5, 5.41) is 9.68. The molecular weight excluding hydrogens is 240 g/mol. The van der Waals surface area contributed by atoms with Crippen molar-refractivity contribution in [1.82, 2.24) is 9.80 Å². The zero-order valence-corrected chi connectivity index (χ0v) is 12.4. The molecule has 2 heterocycles. The molecule has 2 atom stereocenters. The summed E-state index contributed by atoms with van der Waals surface area (Å²) in [6.07, 6.45) is 6.01. The van der Waals surface area contributed by atoms with E-state index in [4.69, 9.17) is 4.74 Å². The molecule has 19 heavy (non-hydrogen) atoms. The number of morpholine rings is 1. The highest BCUT2D eigenvalue weighted by Gasteiger charge is 2.23. The topological polar surface area (TPSA) is 35.9 Å². The lowest BCUT2D eigenvalue weighted by Gasteiger charge is -2.34. The Labute approximate surface area is 117 Å². The highest BCUT2D eigenvalue weighted by Crippen LogP contribution is 2.20. The van der Waals surface area contributed by atoms with Crippen molar-refractivity contribution in [3.63, 3.8) is 0 Å². The highest BCUT2D eigenvalue weighted by atomic mass is 16.5. The van der Waals surface area contributed by atoms with E-state index in [0.717, 1.165) is 45.8 Å². The van der Waals surface area contributed by atoms with E-state index in [1.54, 1.807) is 0 Å². The Balaban J connectivity index is 1.79. The second-order valence-corrected chi connectivity index (χ2v) is 6.08. The van der Waals surface area contributed by atoms with Crippen LogP contribution in [0, 0.1) is 0 Å². The molecule has 0 aliphatic carbocycles. The summed E-state index contributed by atoms with van der Waals surface area (Å²) in [5.74, 6) is 0. The van der Waals surface area contributed by atoms with Crippen LogP contribution in [0.4, 0.5) is 0 Å². The van der Waals surface area contributed by atoms with Crippen LogP contribution in [0.3, 0.4) is 0 Å². The first-order valence-corrected chi connectivity index (χ1v) is 7.98. The summed E-state index contributed by atoms with van der Waals surface area (Å²) >= 11 is 0. The lowest BCUT2D eigenvalue weighted by atomic mass is 10.0. The van der Waals surface area contributed by atoms with Gasteiger partial charge in [-0.1, -0.05) is 12.8 Å². The number of hydrogen-bond acceptors (Lipinski definition) is 4. The minimum absolute atomic E-state index is 0.172. The van der Waals surface area contributed by atoms with Gasteiger partial charge in [-0.25, -0.2) is 0 Å². The summed E-state index contributed by atoms with van der Waals surface area (Å²) in [4.78, 5) is 5.13. The number of ether oxygens (including phenoxy) is 1. The minimum Gasteiger partial charge on any atom is -0.393 e. The van der Waals surface area contributed by atoms with Crippen molar-refractivity contribution in [2.75, 3.05) is 45.9 Å². The molecule has 0 radical (unpaired) electrons. The quantitative estimate of drug-likeness (QED) is 0.818. The first kappa shape index (κ1) is 15.2. The van der Waals surface area contributed by atoms with E-state index in [-0.39, 0.29) is 6.10 Å². The van der Waals surface area contributed by atoms with Gasteiger partial charge in [0.2, 0.25) is 0 Å². The lowest BCUT2D eigenvalue weighted by Crippen LogP contribution is -2.45. The molecule has 0 amide bonds. The van der Waals surface area contributed by atoms with Gasteiger partial charge in [-0.05, 0) is 32.7 Å². The van der Waals surface area contributed by atoms with Crippen LogP contribution < -0.4 is 0 Å². The Hall–Kier alpha value is -0.160. The van der Waals surface area contributed by atoms with Crippen LogP contribution in [-0.2, 0) is 4.74 Å². The predicted molar refractivity (Wildman–Crippen MR) is 77.4 cm³/mol. The van der Waals surface area contributed by atoms with Crippen molar-refractivity contribution >= 4 is 0 Å². The summed E-state index contributed by atoms with van der Waals surface area (Å²) < 4.78 is 5.40. The molecule has 0 aromatic heterocycles. The molecule has 2 rings (SSSR count). The van der Waals surface area contributed by atoms with Crippen LogP contribution in [-0.4, -0.2) is 73.0 Å². The normalized spacial score (nSPS) is 29.1. The molecule has 0 saturated carbocycles. The molecule has 2 aliphatic rings. The van der Waals surface area contributed by atoms with Crippen molar-refractivity contribution in [3.8, 4) is 0 Å². The van der Waals surface area contributed by atoms with Gasteiger partial charge in [-0.3, -0.25) is 9.80 Å². The Morgan fingerprint density at radius 3 is 2.63 bits per heavy atom. The maximum Gasteiger partial charge on any atom is 0.0594 e. The smallest absolute Gasteiger partial charge is 0.0594 e. The second-order valence-electron chi connectivity index (χ2n) is 6.08. The Bertz CT molecular complexity index is 242. The fourth-order valence-electron chi connectivity index (χ4n) is 3.29. The third-order valence-corrected chi connectivity index (χ3v) is 4.42. The maximum atomic E-state index is 9.68. The fraction of sp³-hybridized carbons (Fsp3) is 1.00. The van der Waals surface area contributed by atoms with Gasteiger partial charge in [-0.2, -0.15) is 0 Å². The Morgan fingerprint density at radius 1 is 1.11 bits per heavy atom. The van der Waals surface area contributed by atoms with E-state index in [2.05, 4.69) is 9.80 Å². The minimum atomic E-state index is -0.172. The Morgan fingerprint density at radius 2 is 1.89 bits per heavy atom. The van der Waals surface area contributed by atoms with Crippen LogP contribution in [0.5, 0.6) is 0 Å². The fourth-order valence-corrected chi connectivity index (χ4v) is 3.29. The number of nitrogens with zero attached hydrogens (tertiary/aromatic N) is 2. The van der Waals surface area contributed by atoms with E-state index in [9.17, 15) is 5.11 Å². The molecule has 0 bridgehead atoms. The number of hydrogen-bond donors (Lipinski definition) is 1. The number of rotatable bonds is 5. The lowest BCUT2D eigenvalue weighted by molar-refractivity contribution is 0.0287. The van der Waals surface area contributed by atoms with Gasteiger partial charge in [0.05, 0.1) is 19.3 Å². The third-order valence-electron chi connectivity index (χ3n) is 4.42. The first-order chi connectivity index (χ1) is 9.25. The van der Waals surface area contributed by atoms with E-state index in [0.29, 0.717) is 6.04 Å². The van der Waals surface area contributed by atoms with Crippen LogP contribution in [0.2, 0.25) is 0 Å². The number of aliphatic hydroxyl groups excluding tert-OH is 1. The largest absolute Gasteiger partial charge is 0.393 e. The third kappa shape index (κ3) is 5.38. The second kappa shape index (κ2) is 8.20. The SMILES string of the molecule is CC(O)CC1CCCCCN1CCN1CCOCC1. The number of aliphatic hydroxyl groups is 1. The predicted octanol–water partition coefficient (Wildman–Crippen LogP) is 1.33. The maximum absolute atomic E-state index is 9.68. The average Bonchev–Trinajstić information content (AvgIpc) is 2.62. The average molecular weight is 270 g/mol. The molecule has 0 spiro atoms. The van der Waals surface area contributed by atoms with Crippen LogP contribution in [0.1, 0.15) is 39.0 Å². The highest BCUT2D eigenvalue weighted by molar-refractivity contribution is 4.78. The summed E-state index contributed by atoms with van der Waals surface area (Å²) in [6, 6.07) is 0.587. The van der Waals surface area contributed by atoms with Gasteiger partial charge >= 0.3 is 0 Å². The molecule has 112 valence electrons. The van der Waals surface area contributed by atoms with E-state index < -0.39 is 0 Å². The van der Waals surface area contributed by atoms with Gasteiger partial charge in [0.25, 0.3) is 0 Å². The molecule has 0 aromatic rings. The molecule has 2 fully saturated rings. The summed E-state index contributed by atoms with van der Waals surface area (Å²) in [7, 11) is 0. The van der Waals surface area contributed by atoms with Crippen molar-refractivity contribution in [2.45, 2.75) is 51.2 Å². The van der Waals surface area contributed by atoms with Gasteiger partial charge in [0.15, 0.2) is 0 Å². The molecule has 1 N–H and O–H groups in total. The van der Waals surface area contributed by atoms with E-state index >= 15 is 0 Å². The van der Waals surface area contributed by atoms with Crippen LogP contribution in [0.15, 0.2) is 0 Å². The van der Waals surface area contributed by atoms with Gasteiger partial charge < -0.3 is 9.84 Å². The first-order valence-electron chi connectivity index (χ1n) is 7.98. The van der Waals surface area contributed by atoms with Crippen molar-refractivity contribution in [1.29, 1.82) is 0 Å². The number of likely N-dealkylation sites (tertiary alicyclic amines) is 1. The summed E-state index contributed by atoms with van der Waals surface area (Å²) in [6.45, 7) is 9.36. The van der Waals surface area contributed by atoms with Crippen molar-refractivity contribution in [3.05, 3.63) is 0 Å². The van der Waals surface area contributed by atoms with Gasteiger partial charge in [0, 0.05) is 32.2 Å². The zero-order chi connectivity index (χ0) is 13.5. The van der Waals surface area contributed by atoms with Gasteiger partial charge in [0.1, 0.15) is 0 Å². The molecule has 0 aromatic carbocycles. The zero-order valence-electron chi connectivity index (χ0n) is 12.4. The monoisotopic (exact) mass is 270 g/mol. The molecule has 2 saturated heterocycles. The standard InChI is InChI=1S/C15H30N2O2/c1-14(18)13-15-5-3-2-4-6-17(15)8-7-16-9-11-19-12-10-16/h14-15,18H,2-13H2,1H3. The molecular formula is C15H30N2O2. The molecule has 2 aliphatic heterocycles. The molecule has 2 unspecified atom stereocenters. The molecule has 4 nitrogen and oxygen atoms in total. The van der Waals surface area contributed by atoms with E-state index in [1.165, 1.54) is 32.2 Å².